The van der Waals surface area contributed by atoms with Crippen LogP contribution in [0.1, 0.15) is 21.6 Å². The summed E-state index contributed by atoms with van der Waals surface area (Å²) in [5, 5.41) is 0. The van der Waals surface area contributed by atoms with E-state index in [1.807, 2.05) is 0 Å². The zero-order valence-corrected chi connectivity index (χ0v) is 15.3. The minimum atomic E-state index is -1.60. The van der Waals surface area contributed by atoms with Gasteiger partial charge in [0.15, 0.2) is 5.78 Å². The molecular weight excluding hydrogens is 387 g/mol. The van der Waals surface area contributed by atoms with Crippen LogP contribution in [0.25, 0.3) is 0 Å². The lowest BCUT2D eigenvalue weighted by atomic mass is 9.76. The number of hydrogen-bond donors (Lipinski definition) is 1. The number of pyridine rings is 1. The summed E-state index contributed by atoms with van der Waals surface area (Å²) in [5.41, 5.74) is 4.64. The maximum atomic E-state index is 14.8. The van der Waals surface area contributed by atoms with E-state index in [1.165, 1.54) is 24.3 Å². The second-order valence-corrected chi connectivity index (χ2v) is 7.08. The molecule has 152 valence electrons. The number of hydrogen-bond acceptors (Lipinski definition) is 6. The predicted molar refractivity (Wildman–Crippen MR) is 97.1 cm³/mol. The summed E-state index contributed by atoms with van der Waals surface area (Å²) >= 11 is 0. The number of ketones is 1. The first-order valence-corrected chi connectivity index (χ1v) is 9.02. The Kier molecular flexibility index (Phi) is 4.99. The van der Waals surface area contributed by atoms with Crippen molar-refractivity contribution < 1.29 is 27.4 Å². The summed E-state index contributed by atoms with van der Waals surface area (Å²) in [7, 11) is 0. The van der Waals surface area contributed by atoms with Gasteiger partial charge in [0.05, 0.1) is 25.3 Å². The van der Waals surface area contributed by atoms with E-state index in [4.69, 9.17) is 15.2 Å². The van der Waals surface area contributed by atoms with Crippen LogP contribution in [0, 0.1) is 17.6 Å². The predicted octanol–water partition coefficient (Wildman–Crippen LogP) is 2.31. The Morgan fingerprint density at radius 1 is 1.24 bits per heavy atom. The fraction of sp³-hybridized carbons (Fsp3) is 0.350. The van der Waals surface area contributed by atoms with E-state index in [9.17, 15) is 18.0 Å². The van der Waals surface area contributed by atoms with Crippen molar-refractivity contribution in [3.05, 3.63) is 65.0 Å². The van der Waals surface area contributed by atoms with E-state index in [0.717, 1.165) is 12.3 Å². The largest absolute Gasteiger partial charge is 0.459 e. The number of benzene rings is 1. The van der Waals surface area contributed by atoms with E-state index >= 15 is 0 Å². The van der Waals surface area contributed by atoms with Crippen LogP contribution < -0.4 is 5.73 Å². The van der Waals surface area contributed by atoms with E-state index in [-0.39, 0.29) is 42.7 Å². The van der Waals surface area contributed by atoms with Crippen LogP contribution in [0.3, 0.4) is 0 Å². The summed E-state index contributed by atoms with van der Waals surface area (Å²) in [5.74, 6) is -2.16. The van der Waals surface area contributed by atoms with E-state index in [2.05, 4.69) is 9.98 Å². The SMILES string of the molecule is NC1=N[C@](CF)(c2cc(CC(=O)c3ccc(F)cn3)ccc2F)[C@H]2COC[C@H]2O1. The molecule has 2 aromatic rings. The topological polar surface area (TPSA) is 86.8 Å². The van der Waals surface area contributed by atoms with Crippen LogP contribution in [0.15, 0.2) is 41.5 Å². The monoisotopic (exact) mass is 405 g/mol. The molecular formula is C20H18F3N3O3. The van der Waals surface area contributed by atoms with Crippen molar-refractivity contribution in [3.63, 3.8) is 0 Å². The number of fused-ring (bicyclic) bond motifs is 1. The van der Waals surface area contributed by atoms with Gasteiger partial charge in [-0.3, -0.25) is 9.78 Å². The number of carbonyl (C=O) groups excluding carboxylic acids is 1. The molecule has 1 fully saturated rings. The Labute approximate surface area is 164 Å². The Balaban J connectivity index is 1.70. The van der Waals surface area contributed by atoms with Gasteiger partial charge in [-0.2, -0.15) is 0 Å². The van der Waals surface area contributed by atoms with Crippen molar-refractivity contribution in [1.29, 1.82) is 0 Å². The minimum absolute atomic E-state index is 0.0101. The van der Waals surface area contributed by atoms with Crippen LogP contribution in [-0.2, 0) is 21.4 Å². The molecule has 0 saturated carbocycles. The molecule has 0 radical (unpaired) electrons. The van der Waals surface area contributed by atoms with Crippen LogP contribution >= 0.6 is 0 Å². The van der Waals surface area contributed by atoms with Gasteiger partial charge < -0.3 is 15.2 Å². The van der Waals surface area contributed by atoms with Crippen LogP contribution in [-0.4, -0.2) is 42.8 Å². The molecule has 9 heteroatoms. The Hall–Kier alpha value is -2.94. The molecule has 0 spiro atoms. The lowest BCUT2D eigenvalue weighted by molar-refractivity contribution is 0.0614. The van der Waals surface area contributed by atoms with Crippen LogP contribution in [0.4, 0.5) is 13.2 Å². The average Bonchev–Trinajstić information content (AvgIpc) is 3.18. The zero-order chi connectivity index (χ0) is 20.6. The van der Waals surface area contributed by atoms with E-state index < -0.39 is 35.9 Å². The van der Waals surface area contributed by atoms with Gasteiger partial charge >= 0.3 is 0 Å². The number of nitrogens with two attached hydrogens (primary N) is 1. The molecule has 0 bridgehead atoms. The number of ether oxygens (including phenoxy) is 2. The molecule has 2 aliphatic rings. The third-order valence-corrected chi connectivity index (χ3v) is 5.30. The Morgan fingerprint density at radius 3 is 2.79 bits per heavy atom. The summed E-state index contributed by atoms with van der Waals surface area (Å²) in [6.07, 6.45) is 0.298. The fourth-order valence-corrected chi connectivity index (χ4v) is 3.85. The molecule has 1 aromatic heterocycles. The third-order valence-electron chi connectivity index (χ3n) is 5.30. The molecule has 4 rings (SSSR count). The molecule has 0 aliphatic carbocycles. The number of alkyl halides is 1. The Morgan fingerprint density at radius 2 is 2.07 bits per heavy atom. The number of halogens is 3. The van der Waals surface area contributed by atoms with Gasteiger partial charge in [-0.05, 0) is 29.8 Å². The van der Waals surface area contributed by atoms with Crippen molar-refractivity contribution in [2.24, 2.45) is 16.6 Å². The quantitative estimate of drug-likeness (QED) is 0.772. The van der Waals surface area contributed by atoms with Crippen molar-refractivity contribution in [2.75, 3.05) is 19.9 Å². The molecule has 2 N–H and O–H groups in total. The molecule has 6 nitrogen and oxygen atoms in total. The van der Waals surface area contributed by atoms with Crippen molar-refractivity contribution in [2.45, 2.75) is 18.1 Å². The summed E-state index contributed by atoms with van der Waals surface area (Å²) in [6, 6.07) is 6.18. The van der Waals surface area contributed by atoms with Crippen LogP contribution in [0.2, 0.25) is 0 Å². The van der Waals surface area contributed by atoms with Gasteiger partial charge in [0.1, 0.15) is 35.6 Å². The second-order valence-electron chi connectivity index (χ2n) is 7.08. The molecule has 0 unspecified atom stereocenters. The lowest BCUT2D eigenvalue weighted by Crippen LogP contribution is -2.50. The molecule has 2 aliphatic heterocycles. The minimum Gasteiger partial charge on any atom is -0.459 e. The summed E-state index contributed by atoms with van der Waals surface area (Å²) < 4.78 is 52.9. The molecule has 3 heterocycles. The number of rotatable bonds is 5. The van der Waals surface area contributed by atoms with E-state index in [0.29, 0.717) is 5.56 Å². The average molecular weight is 405 g/mol. The highest BCUT2D eigenvalue weighted by molar-refractivity contribution is 5.95. The van der Waals surface area contributed by atoms with Gasteiger partial charge in [-0.25, -0.2) is 18.2 Å². The van der Waals surface area contributed by atoms with Gasteiger partial charge in [-0.15, -0.1) is 0 Å². The van der Waals surface area contributed by atoms with Crippen molar-refractivity contribution >= 4 is 11.8 Å². The molecule has 1 aromatic carbocycles. The van der Waals surface area contributed by atoms with Crippen LogP contribution in [0.5, 0.6) is 0 Å². The number of carbonyl (C=O) groups is 1. The second kappa shape index (κ2) is 7.47. The molecule has 3 atom stereocenters. The maximum Gasteiger partial charge on any atom is 0.283 e. The smallest absolute Gasteiger partial charge is 0.283 e. The molecule has 0 amide bonds. The fourth-order valence-electron chi connectivity index (χ4n) is 3.85. The number of nitrogens with zero attached hydrogens (tertiary/aromatic N) is 2. The van der Waals surface area contributed by atoms with Gasteiger partial charge in [-0.1, -0.05) is 6.07 Å². The Bertz CT molecular complexity index is 967. The highest BCUT2D eigenvalue weighted by Gasteiger charge is 2.53. The number of aromatic nitrogens is 1. The lowest BCUT2D eigenvalue weighted by Gasteiger charge is -2.39. The number of aliphatic imine (C=N–C) groups is 1. The summed E-state index contributed by atoms with van der Waals surface area (Å²) in [4.78, 5) is 20.3. The normalized spacial score (nSPS) is 25.8. The first-order valence-electron chi connectivity index (χ1n) is 9.02. The number of Topliss-reactive ketones (excluding diaryl/α,β-unsaturated/α-hetero) is 1. The zero-order valence-electron chi connectivity index (χ0n) is 15.3. The first kappa shape index (κ1) is 19.4. The highest BCUT2D eigenvalue weighted by atomic mass is 19.1. The molecule has 29 heavy (non-hydrogen) atoms. The standard InChI is InChI=1S/C20H18F3N3O3/c21-10-20(14-8-28-9-18(14)29-19(24)26-20)13-5-11(1-3-15(13)23)6-17(27)16-4-2-12(22)7-25-16/h1-5,7,14,18H,6,8-10H2,(H2,24,26)/t14-,18+,20+/m0/s1. The third kappa shape index (κ3) is 3.46. The van der Waals surface area contributed by atoms with Gasteiger partial charge in [0.25, 0.3) is 6.02 Å². The molecule has 1 saturated heterocycles. The maximum absolute atomic E-state index is 14.8. The van der Waals surface area contributed by atoms with Gasteiger partial charge in [0.2, 0.25) is 0 Å². The van der Waals surface area contributed by atoms with Crippen molar-refractivity contribution in [3.8, 4) is 0 Å². The van der Waals surface area contributed by atoms with Crippen molar-refractivity contribution in [1.82, 2.24) is 4.98 Å². The highest BCUT2D eigenvalue weighted by Crippen LogP contribution is 2.44. The summed E-state index contributed by atoms with van der Waals surface area (Å²) in [6.45, 7) is -0.651. The number of amidine groups is 1. The van der Waals surface area contributed by atoms with E-state index in [1.54, 1.807) is 0 Å². The first-order chi connectivity index (χ1) is 13.9. The van der Waals surface area contributed by atoms with Gasteiger partial charge in [0, 0.05) is 12.0 Å².